The summed E-state index contributed by atoms with van der Waals surface area (Å²) in [5.74, 6) is 1.66. The van der Waals surface area contributed by atoms with Crippen molar-refractivity contribution < 1.29 is 22.5 Å². The number of piperazine rings is 1. The fourth-order valence-electron chi connectivity index (χ4n) is 3.36. The molecule has 1 saturated heterocycles. The van der Waals surface area contributed by atoms with Gasteiger partial charge in [0, 0.05) is 5.69 Å². The fraction of sp³-hybridized carbons (Fsp3) is 0.444. The molecule has 1 aromatic carbocycles. The van der Waals surface area contributed by atoms with Crippen molar-refractivity contribution in [2.24, 2.45) is 0 Å². The first-order valence-corrected chi connectivity index (χ1v) is 10.6. The summed E-state index contributed by atoms with van der Waals surface area (Å²) >= 11 is 0. The Morgan fingerprint density at radius 3 is 2.46 bits per heavy atom. The molecule has 1 atom stereocenters. The van der Waals surface area contributed by atoms with Crippen molar-refractivity contribution in [3.8, 4) is 5.75 Å². The van der Waals surface area contributed by atoms with E-state index in [1.165, 1.54) is 16.8 Å². The Morgan fingerprint density at radius 2 is 1.92 bits per heavy atom. The molecule has 8 heteroatoms. The fourth-order valence-corrected chi connectivity index (χ4v) is 3.83. The topological polar surface area (TPSA) is 76.2 Å². The molecule has 1 aliphatic rings. The molecular formula is C18H26N3O4S+. The van der Waals surface area contributed by atoms with Crippen LogP contribution in [0.1, 0.15) is 11.8 Å². The highest BCUT2D eigenvalue weighted by Crippen LogP contribution is 2.19. The number of ether oxygens (including phenoxy) is 1. The summed E-state index contributed by atoms with van der Waals surface area (Å²) in [5.41, 5.74) is 1.17. The molecule has 0 aliphatic carbocycles. The Bertz CT molecular complexity index is 782. The highest BCUT2D eigenvalue weighted by atomic mass is 32.2. The first-order chi connectivity index (χ1) is 12.5. The minimum atomic E-state index is -3.24. The molecule has 1 aromatic heterocycles. The number of hydrogen-bond acceptors (Lipinski definition) is 5. The number of sulfonamides is 1. The first-order valence-electron chi connectivity index (χ1n) is 8.68. The van der Waals surface area contributed by atoms with Gasteiger partial charge in [0.15, 0.2) is 11.8 Å². The highest BCUT2D eigenvalue weighted by molar-refractivity contribution is 7.88. The second kappa shape index (κ2) is 8.11. The van der Waals surface area contributed by atoms with Crippen LogP contribution >= 0.6 is 0 Å². The molecule has 0 radical (unpaired) electrons. The number of furan rings is 1. The summed E-state index contributed by atoms with van der Waals surface area (Å²) in [4.78, 5) is 3.66. The largest absolute Gasteiger partial charge is 0.497 e. The van der Waals surface area contributed by atoms with Crippen molar-refractivity contribution in [1.82, 2.24) is 4.72 Å². The summed E-state index contributed by atoms with van der Waals surface area (Å²) in [6, 6.07) is 11.8. The van der Waals surface area contributed by atoms with E-state index in [4.69, 9.17) is 9.15 Å². The predicted molar refractivity (Wildman–Crippen MR) is 100 cm³/mol. The molecule has 7 nitrogen and oxygen atoms in total. The van der Waals surface area contributed by atoms with Crippen LogP contribution in [0.25, 0.3) is 0 Å². The summed E-state index contributed by atoms with van der Waals surface area (Å²) in [5, 5.41) is 0. The molecule has 0 bridgehead atoms. The zero-order chi connectivity index (χ0) is 18.6. The van der Waals surface area contributed by atoms with Crippen LogP contribution in [0.3, 0.4) is 0 Å². The Balaban J connectivity index is 1.65. The Morgan fingerprint density at radius 1 is 1.23 bits per heavy atom. The van der Waals surface area contributed by atoms with Crippen LogP contribution < -0.4 is 19.3 Å². The van der Waals surface area contributed by atoms with Crippen molar-refractivity contribution >= 4 is 15.7 Å². The number of benzene rings is 1. The van der Waals surface area contributed by atoms with Crippen molar-refractivity contribution in [3.05, 3.63) is 48.4 Å². The van der Waals surface area contributed by atoms with Crippen LogP contribution in [0.2, 0.25) is 0 Å². The van der Waals surface area contributed by atoms with E-state index < -0.39 is 10.0 Å². The minimum absolute atomic E-state index is 0.0299. The maximum atomic E-state index is 11.5. The Labute approximate surface area is 154 Å². The molecule has 3 rings (SSSR count). The Hall–Kier alpha value is -2.03. The smallest absolute Gasteiger partial charge is 0.208 e. The molecule has 1 aliphatic heterocycles. The van der Waals surface area contributed by atoms with Gasteiger partial charge in [0.1, 0.15) is 5.75 Å². The van der Waals surface area contributed by atoms with E-state index in [0.29, 0.717) is 6.54 Å². The molecule has 2 N–H and O–H groups in total. The zero-order valence-electron chi connectivity index (χ0n) is 15.1. The maximum Gasteiger partial charge on any atom is 0.208 e. The van der Waals surface area contributed by atoms with E-state index >= 15 is 0 Å². The molecule has 2 aromatic rings. The van der Waals surface area contributed by atoms with Gasteiger partial charge in [-0.05, 0) is 36.4 Å². The predicted octanol–water partition coefficient (Wildman–Crippen LogP) is 0.284. The average molecular weight is 380 g/mol. The molecule has 142 valence electrons. The summed E-state index contributed by atoms with van der Waals surface area (Å²) in [7, 11) is -1.57. The summed E-state index contributed by atoms with van der Waals surface area (Å²) in [6.45, 7) is 3.95. The maximum absolute atomic E-state index is 11.5. The highest BCUT2D eigenvalue weighted by Gasteiger charge is 2.31. The van der Waals surface area contributed by atoms with Gasteiger partial charge in [-0.1, -0.05) is 0 Å². The molecule has 0 spiro atoms. The lowest BCUT2D eigenvalue weighted by Crippen LogP contribution is -3.15. The lowest BCUT2D eigenvalue weighted by molar-refractivity contribution is -0.931. The van der Waals surface area contributed by atoms with Crippen LogP contribution in [-0.4, -0.2) is 54.5 Å². The van der Waals surface area contributed by atoms with E-state index in [1.807, 2.05) is 24.3 Å². The number of nitrogens with one attached hydrogen (secondary N) is 2. The molecule has 0 amide bonds. The Kier molecular flexibility index (Phi) is 5.85. The number of nitrogens with zero attached hydrogens (tertiary/aromatic N) is 1. The first kappa shape index (κ1) is 18.8. The third kappa shape index (κ3) is 4.78. The number of rotatable bonds is 7. The van der Waals surface area contributed by atoms with Crippen molar-refractivity contribution in [2.75, 3.05) is 51.0 Å². The van der Waals surface area contributed by atoms with E-state index in [0.717, 1.165) is 37.7 Å². The normalized spacial score (nSPS) is 17.2. The van der Waals surface area contributed by atoms with Crippen LogP contribution in [0.4, 0.5) is 5.69 Å². The summed E-state index contributed by atoms with van der Waals surface area (Å²) in [6.07, 6.45) is 2.82. The monoisotopic (exact) mass is 380 g/mol. The second-order valence-corrected chi connectivity index (χ2v) is 8.36. The number of quaternary nitrogens is 1. The number of hydrogen-bond donors (Lipinski definition) is 2. The van der Waals surface area contributed by atoms with Gasteiger partial charge < -0.3 is 19.0 Å². The zero-order valence-corrected chi connectivity index (χ0v) is 16.0. The molecule has 0 saturated carbocycles. The number of methoxy groups -OCH3 is 1. The van der Waals surface area contributed by atoms with Gasteiger partial charge in [-0.2, -0.15) is 0 Å². The molecule has 26 heavy (non-hydrogen) atoms. The molecule has 0 unspecified atom stereocenters. The van der Waals surface area contributed by atoms with Gasteiger partial charge in [0.2, 0.25) is 10.0 Å². The van der Waals surface area contributed by atoms with Crippen molar-refractivity contribution in [1.29, 1.82) is 0 Å². The van der Waals surface area contributed by atoms with Crippen molar-refractivity contribution in [3.63, 3.8) is 0 Å². The van der Waals surface area contributed by atoms with Gasteiger partial charge in [0.25, 0.3) is 0 Å². The van der Waals surface area contributed by atoms with Crippen molar-refractivity contribution in [2.45, 2.75) is 6.04 Å². The molecule has 1 fully saturated rings. The van der Waals surface area contributed by atoms with Gasteiger partial charge in [-0.15, -0.1) is 0 Å². The van der Waals surface area contributed by atoms with E-state index in [1.54, 1.807) is 13.4 Å². The molecule has 2 heterocycles. The van der Waals surface area contributed by atoms with Crippen LogP contribution in [0.5, 0.6) is 5.75 Å². The lowest BCUT2D eigenvalue weighted by atomic mass is 10.1. The quantitative estimate of drug-likeness (QED) is 0.722. The van der Waals surface area contributed by atoms with Gasteiger partial charge in [0.05, 0.1) is 52.4 Å². The SMILES string of the molecule is COc1ccc(N2CC[NH+]([C@@H](CNS(C)(=O)=O)c3ccco3)CC2)cc1. The van der Waals surface area contributed by atoms with Crippen LogP contribution in [0.15, 0.2) is 47.1 Å². The third-order valence-electron chi connectivity index (χ3n) is 4.77. The van der Waals surface area contributed by atoms with E-state index in [9.17, 15) is 8.42 Å². The second-order valence-electron chi connectivity index (χ2n) is 6.53. The van der Waals surface area contributed by atoms with Gasteiger partial charge in [-0.3, -0.25) is 0 Å². The van der Waals surface area contributed by atoms with E-state index in [2.05, 4.69) is 21.8 Å². The average Bonchev–Trinajstić information content (AvgIpc) is 3.16. The third-order valence-corrected chi connectivity index (χ3v) is 5.46. The van der Waals surface area contributed by atoms with Gasteiger partial charge in [-0.25, -0.2) is 13.1 Å². The minimum Gasteiger partial charge on any atom is -0.497 e. The van der Waals surface area contributed by atoms with Gasteiger partial charge >= 0.3 is 0 Å². The number of anilines is 1. The molecular weight excluding hydrogens is 354 g/mol. The standard InChI is InChI=1S/C18H25N3O4S/c1-24-16-7-5-15(6-8-16)20-9-11-21(12-10-20)17(14-19-26(2,22)23)18-4-3-13-25-18/h3-8,13,17,19H,9-12,14H2,1-2H3/p+1/t17-/m0/s1. The van der Waals surface area contributed by atoms with Crippen LogP contribution in [-0.2, 0) is 10.0 Å². The van der Waals surface area contributed by atoms with E-state index in [-0.39, 0.29) is 6.04 Å². The summed E-state index contributed by atoms with van der Waals surface area (Å²) < 4.78 is 36.4. The van der Waals surface area contributed by atoms with Crippen LogP contribution in [0, 0.1) is 0 Å². The lowest BCUT2D eigenvalue weighted by Gasteiger charge is -2.37.